The molecule has 0 unspecified atom stereocenters. The molecule has 0 radical (unpaired) electrons. The monoisotopic (exact) mass is 284 g/mol. The first-order valence-electron chi connectivity index (χ1n) is 7.22. The molecular formula is C18H17FO2. The van der Waals surface area contributed by atoms with E-state index in [1.54, 1.807) is 12.1 Å². The lowest BCUT2D eigenvalue weighted by Crippen LogP contribution is -2.32. The van der Waals surface area contributed by atoms with Crippen LogP contribution in [0.2, 0.25) is 0 Å². The molecule has 1 aliphatic rings. The highest BCUT2D eigenvalue weighted by Crippen LogP contribution is 2.42. The second kappa shape index (κ2) is 5.32. The van der Waals surface area contributed by atoms with E-state index in [1.807, 2.05) is 30.3 Å². The van der Waals surface area contributed by atoms with Gasteiger partial charge in [0.1, 0.15) is 5.82 Å². The third-order valence-corrected chi connectivity index (χ3v) is 4.47. The predicted molar refractivity (Wildman–Crippen MR) is 79.6 cm³/mol. The maximum atomic E-state index is 14.1. The molecule has 2 aromatic rings. The van der Waals surface area contributed by atoms with E-state index >= 15 is 0 Å². The van der Waals surface area contributed by atoms with Crippen LogP contribution in [0.15, 0.2) is 48.5 Å². The molecule has 0 bridgehead atoms. The molecule has 21 heavy (non-hydrogen) atoms. The van der Waals surface area contributed by atoms with Crippen LogP contribution in [0.3, 0.4) is 0 Å². The Labute approximate surface area is 123 Å². The second-order valence-electron chi connectivity index (χ2n) is 5.66. The van der Waals surface area contributed by atoms with E-state index in [0.717, 1.165) is 18.4 Å². The number of hydrogen-bond acceptors (Lipinski definition) is 1. The van der Waals surface area contributed by atoms with E-state index in [2.05, 4.69) is 0 Å². The summed E-state index contributed by atoms with van der Waals surface area (Å²) in [7, 11) is 0. The standard InChI is InChI=1S/C18H17FO2/c19-16-9-8-14(18(17(20)21)10-4-5-11-18)12-15(16)13-6-2-1-3-7-13/h1-3,6-9,12H,4-5,10-11H2,(H,20,21). The van der Waals surface area contributed by atoms with Gasteiger partial charge in [0.15, 0.2) is 0 Å². The van der Waals surface area contributed by atoms with Crippen LogP contribution in [0.25, 0.3) is 11.1 Å². The first-order valence-corrected chi connectivity index (χ1v) is 7.22. The molecule has 0 aromatic heterocycles. The van der Waals surface area contributed by atoms with Gasteiger partial charge in [0.2, 0.25) is 0 Å². The van der Waals surface area contributed by atoms with Crippen LogP contribution < -0.4 is 0 Å². The largest absolute Gasteiger partial charge is 0.481 e. The van der Waals surface area contributed by atoms with Crippen molar-refractivity contribution in [3.8, 4) is 11.1 Å². The molecule has 0 atom stereocenters. The van der Waals surface area contributed by atoms with Gasteiger partial charge in [-0.3, -0.25) is 4.79 Å². The number of halogens is 1. The summed E-state index contributed by atoms with van der Waals surface area (Å²) in [5.41, 5.74) is 1.11. The van der Waals surface area contributed by atoms with Crippen LogP contribution in [-0.4, -0.2) is 11.1 Å². The number of carbonyl (C=O) groups is 1. The van der Waals surface area contributed by atoms with Gasteiger partial charge >= 0.3 is 5.97 Å². The van der Waals surface area contributed by atoms with Crippen molar-refractivity contribution in [2.75, 3.05) is 0 Å². The normalized spacial score (nSPS) is 16.8. The van der Waals surface area contributed by atoms with Crippen LogP contribution in [0.5, 0.6) is 0 Å². The van der Waals surface area contributed by atoms with E-state index in [9.17, 15) is 14.3 Å². The van der Waals surface area contributed by atoms with Crippen molar-refractivity contribution < 1.29 is 14.3 Å². The molecule has 0 amide bonds. The maximum Gasteiger partial charge on any atom is 0.314 e. The van der Waals surface area contributed by atoms with Gasteiger partial charge in [0.05, 0.1) is 5.41 Å². The Hall–Kier alpha value is -2.16. The zero-order chi connectivity index (χ0) is 14.9. The molecule has 1 aliphatic carbocycles. The topological polar surface area (TPSA) is 37.3 Å². The van der Waals surface area contributed by atoms with Crippen LogP contribution in [0.1, 0.15) is 31.2 Å². The Kier molecular flexibility index (Phi) is 3.50. The van der Waals surface area contributed by atoms with Gasteiger partial charge < -0.3 is 5.11 Å². The lowest BCUT2D eigenvalue weighted by atomic mass is 9.78. The fourth-order valence-corrected chi connectivity index (χ4v) is 3.27. The number of benzene rings is 2. The van der Waals surface area contributed by atoms with Crippen LogP contribution >= 0.6 is 0 Å². The van der Waals surface area contributed by atoms with E-state index in [4.69, 9.17) is 0 Å². The van der Waals surface area contributed by atoms with Crippen molar-refractivity contribution >= 4 is 5.97 Å². The molecule has 1 saturated carbocycles. The van der Waals surface area contributed by atoms with Crippen molar-refractivity contribution in [3.05, 3.63) is 59.9 Å². The molecule has 0 aliphatic heterocycles. The summed E-state index contributed by atoms with van der Waals surface area (Å²) in [5, 5.41) is 9.65. The Balaban J connectivity index is 2.11. The third kappa shape index (κ3) is 2.33. The summed E-state index contributed by atoms with van der Waals surface area (Å²) < 4.78 is 14.1. The first-order chi connectivity index (χ1) is 10.1. The lowest BCUT2D eigenvalue weighted by molar-refractivity contribution is -0.143. The average Bonchev–Trinajstić information content (AvgIpc) is 2.99. The van der Waals surface area contributed by atoms with Crippen molar-refractivity contribution in [3.63, 3.8) is 0 Å². The average molecular weight is 284 g/mol. The zero-order valence-corrected chi connectivity index (χ0v) is 11.7. The van der Waals surface area contributed by atoms with E-state index in [1.165, 1.54) is 6.07 Å². The Morgan fingerprint density at radius 2 is 1.71 bits per heavy atom. The third-order valence-electron chi connectivity index (χ3n) is 4.47. The lowest BCUT2D eigenvalue weighted by Gasteiger charge is -2.25. The fourth-order valence-electron chi connectivity index (χ4n) is 3.27. The van der Waals surface area contributed by atoms with Crippen LogP contribution in [0.4, 0.5) is 4.39 Å². The SMILES string of the molecule is O=C(O)C1(c2ccc(F)c(-c3ccccc3)c2)CCCC1. The molecule has 2 nitrogen and oxygen atoms in total. The van der Waals surface area contributed by atoms with Crippen molar-refractivity contribution in [1.29, 1.82) is 0 Å². The molecule has 3 heteroatoms. The molecule has 0 spiro atoms. The van der Waals surface area contributed by atoms with Gasteiger partial charge in [-0.25, -0.2) is 4.39 Å². The number of hydrogen-bond donors (Lipinski definition) is 1. The number of rotatable bonds is 3. The zero-order valence-electron chi connectivity index (χ0n) is 11.7. The highest BCUT2D eigenvalue weighted by molar-refractivity contribution is 5.82. The quantitative estimate of drug-likeness (QED) is 0.907. The summed E-state index contributed by atoms with van der Waals surface area (Å²) >= 11 is 0. The van der Waals surface area contributed by atoms with Gasteiger partial charge in [-0.2, -0.15) is 0 Å². The predicted octanol–water partition coefficient (Wildman–Crippen LogP) is 4.39. The smallest absolute Gasteiger partial charge is 0.314 e. The van der Waals surface area contributed by atoms with Crippen LogP contribution in [-0.2, 0) is 10.2 Å². The van der Waals surface area contributed by atoms with Crippen molar-refractivity contribution in [2.24, 2.45) is 0 Å². The number of aliphatic carboxylic acids is 1. The second-order valence-corrected chi connectivity index (χ2v) is 5.66. The summed E-state index contributed by atoms with van der Waals surface area (Å²) in [6.45, 7) is 0. The van der Waals surface area contributed by atoms with Crippen molar-refractivity contribution in [1.82, 2.24) is 0 Å². The van der Waals surface area contributed by atoms with Crippen LogP contribution in [0, 0.1) is 5.82 Å². The molecule has 108 valence electrons. The Bertz CT molecular complexity index is 658. The molecule has 2 aromatic carbocycles. The summed E-state index contributed by atoms with van der Waals surface area (Å²) in [6, 6.07) is 14.0. The summed E-state index contributed by atoms with van der Waals surface area (Å²) in [6.07, 6.45) is 3.07. The molecule has 0 saturated heterocycles. The molecule has 3 rings (SSSR count). The first kappa shape index (κ1) is 13.8. The van der Waals surface area contributed by atoms with Gasteiger partial charge in [-0.1, -0.05) is 49.2 Å². The minimum atomic E-state index is -0.850. The summed E-state index contributed by atoms with van der Waals surface area (Å²) in [4.78, 5) is 11.8. The van der Waals surface area contributed by atoms with Gasteiger partial charge in [0.25, 0.3) is 0 Å². The van der Waals surface area contributed by atoms with Gasteiger partial charge in [-0.05, 0) is 36.1 Å². The Morgan fingerprint density at radius 1 is 1.05 bits per heavy atom. The minimum Gasteiger partial charge on any atom is -0.481 e. The number of carboxylic acids is 1. The molecule has 1 N–H and O–H groups in total. The minimum absolute atomic E-state index is 0.316. The molecular weight excluding hydrogens is 267 g/mol. The maximum absolute atomic E-state index is 14.1. The van der Waals surface area contributed by atoms with E-state index < -0.39 is 11.4 Å². The van der Waals surface area contributed by atoms with E-state index in [0.29, 0.717) is 24.0 Å². The fraction of sp³-hybridized carbons (Fsp3) is 0.278. The highest BCUT2D eigenvalue weighted by atomic mass is 19.1. The Morgan fingerprint density at radius 3 is 2.33 bits per heavy atom. The highest BCUT2D eigenvalue weighted by Gasteiger charge is 2.43. The van der Waals surface area contributed by atoms with Gasteiger partial charge in [-0.15, -0.1) is 0 Å². The van der Waals surface area contributed by atoms with E-state index in [-0.39, 0.29) is 5.82 Å². The molecule has 0 heterocycles. The van der Waals surface area contributed by atoms with Crippen molar-refractivity contribution in [2.45, 2.75) is 31.1 Å². The molecule has 1 fully saturated rings. The summed E-state index contributed by atoms with van der Waals surface area (Å²) in [5.74, 6) is -1.12. The number of carboxylic acid groups (broad SMARTS) is 1. The van der Waals surface area contributed by atoms with Gasteiger partial charge in [0, 0.05) is 5.56 Å².